The van der Waals surface area contributed by atoms with Crippen molar-refractivity contribution < 1.29 is 0 Å². The summed E-state index contributed by atoms with van der Waals surface area (Å²) in [5.74, 6) is 1.05. The molecular formula is C10H13BrN6. The van der Waals surface area contributed by atoms with E-state index in [1.165, 1.54) is 6.33 Å². The van der Waals surface area contributed by atoms with Crippen LogP contribution in [0.25, 0.3) is 0 Å². The summed E-state index contributed by atoms with van der Waals surface area (Å²) in [5.41, 5.74) is 7.60. The molecule has 0 saturated heterocycles. The number of anilines is 3. The first kappa shape index (κ1) is 11.8. The fourth-order valence-corrected chi connectivity index (χ4v) is 1.80. The molecule has 0 radical (unpaired) electrons. The Labute approximate surface area is 107 Å². The van der Waals surface area contributed by atoms with Gasteiger partial charge in [0.2, 0.25) is 0 Å². The van der Waals surface area contributed by atoms with E-state index >= 15 is 0 Å². The standard InChI is InChI=1S/C10H13BrN6/c1-3-6-7(4-17(2)16-6)15-10-8(11)9(12)13-5-14-10/h4-5H,3H2,1-2H3,(H3,12,13,14,15). The molecule has 2 aromatic rings. The van der Waals surface area contributed by atoms with Crippen molar-refractivity contribution in [1.29, 1.82) is 0 Å². The number of nitrogens with zero attached hydrogens (tertiary/aromatic N) is 4. The van der Waals surface area contributed by atoms with E-state index in [0.717, 1.165) is 17.8 Å². The van der Waals surface area contributed by atoms with Gasteiger partial charge in [-0.25, -0.2) is 9.97 Å². The Morgan fingerprint density at radius 3 is 2.94 bits per heavy atom. The van der Waals surface area contributed by atoms with Crippen LogP contribution < -0.4 is 11.1 Å². The molecule has 0 fully saturated rings. The lowest BCUT2D eigenvalue weighted by molar-refractivity contribution is 0.746. The molecule has 90 valence electrons. The fourth-order valence-electron chi connectivity index (χ4n) is 1.50. The molecule has 0 saturated carbocycles. The van der Waals surface area contributed by atoms with Crippen LogP contribution in [0.1, 0.15) is 12.6 Å². The molecule has 0 aliphatic rings. The summed E-state index contributed by atoms with van der Waals surface area (Å²) < 4.78 is 2.42. The Bertz CT molecular complexity index is 536. The van der Waals surface area contributed by atoms with E-state index < -0.39 is 0 Å². The highest BCUT2D eigenvalue weighted by atomic mass is 79.9. The number of rotatable bonds is 3. The number of aromatic nitrogens is 4. The predicted molar refractivity (Wildman–Crippen MR) is 70.0 cm³/mol. The molecule has 2 heterocycles. The minimum atomic E-state index is 0.407. The molecule has 0 aromatic carbocycles. The summed E-state index contributed by atoms with van der Waals surface area (Å²) in [6, 6.07) is 0. The summed E-state index contributed by atoms with van der Waals surface area (Å²) in [4.78, 5) is 8.02. The molecule has 2 rings (SSSR count). The number of hydrogen-bond acceptors (Lipinski definition) is 5. The number of hydrogen-bond donors (Lipinski definition) is 2. The lowest BCUT2D eigenvalue weighted by Gasteiger charge is -2.07. The summed E-state index contributed by atoms with van der Waals surface area (Å²) in [6.45, 7) is 2.05. The first-order valence-corrected chi connectivity index (χ1v) is 5.96. The third kappa shape index (κ3) is 2.38. The molecule has 0 bridgehead atoms. The van der Waals surface area contributed by atoms with Gasteiger partial charge in [0.05, 0.1) is 11.4 Å². The van der Waals surface area contributed by atoms with E-state index in [9.17, 15) is 0 Å². The van der Waals surface area contributed by atoms with Crippen molar-refractivity contribution in [3.05, 3.63) is 22.7 Å². The second-order valence-corrected chi connectivity index (χ2v) is 4.36. The van der Waals surface area contributed by atoms with Crippen molar-refractivity contribution in [3.63, 3.8) is 0 Å². The highest BCUT2D eigenvalue weighted by Gasteiger charge is 2.10. The molecule has 2 aromatic heterocycles. The van der Waals surface area contributed by atoms with Crippen molar-refractivity contribution in [1.82, 2.24) is 19.7 Å². The average molecular weight is 297 g/mol. The largest absolute Gasteiger partial charge is 0.383 e. The number of aryl methyl sites for hydroxylation is 2. The Morgan fingerprint density at radius 2 is 2.24 bits per heavy atom. The van der Waals surface area contributed by atoms with E-state index in [2.05, 4.69) is 43.2 Å². The summed E-state index contributed by atoms with van der Waals surface area (Å²) in [6.07, 6.45) is 4.18. The zero-order chi connectivity index (χ0) is 12.4. The van der Waals surface area contributed by atoms with E-state index in [4.69, 9.17) is 5.73 Å². The van der Waals surface area contributed by atoms with E-state index in [1.807, 2.05) is 13.2 Å². The Hall–Kier alpha value is -1.63. The van der Waals surface area contributed by atoms with Crippen LogP contribution in [0.5, 0.6) is 0 Å². The zero-order valence-electron chi connectivity index (χ0n) is 9.61. The van der Waals surface area contributed by atoms with Crippen LogP contribution in [0.4, 0.5) is 17.3 Å². The third-order valence-corrected chi connectivity index (χ3v) is 3.09. The van der Waals surface area contributed by atoms with E-state index in [1.54, 1.807) is 4.68 Å². The van der Waals surface area contributed by atoms with Gasteiger partial charge in [0.25, 0.3) is 0 Å². The zero-order valence-corrected chi connectivity index (χ0v) is 11.2. The molecule has 0 spiro atoms. The summed E-state index contributed by atoms with van der Waals surface area (Å²) in [7, 11) is 1.88. The SMILES string of the molecule is CCc1nn(C)cc1Nc1ncnc(N)c1Br. The first-order chi connectivity index (χ1) is 8.11. The topological polar surface area (TPSA) is 81.7 Å². The van der Waals surface area contributed by atoms with Gasteiger partial charge in [-0.2, -0.15) is 5.10 Å². The lowest BCUT2D eigenvalue weighted by atomic mass is 10.3. The molecular weight excluding hydrogens is 284 g/mol. The second kappa shape index (κ2) is 4.70. The second-order valence-electron chi connectivity index (χ2n) is 3.56. The molecule has 0 aliphatic heterocycles. The minimum Gasteiger partial charge on any atom is -0.383 e. The number of nitrogens with one attached hydrogen (secondary N) is 1. The van der Waals surface area contributed by atoms with E-state index in [0.29, 0.717) is 16.1 Å². The van der Waals surface area contributed by atoms with Crippen LogP contribution in [-0.2, 0) is 13.5 Å². The maximum absolute atomic E-state index is 5.69. The monoisotopic (exact) mass is 296 g/mol. The minimum absolute atomic E-state index is 0.407. The number of nitrogen functional groups attached to an aromatic ring is 1. The highest BCUT2D eigenvalue weighted by molar-refractivity contribution is 9.10. The molecule has 0 aliphatic carbocycles. The van der Waals surface area contributed by atoms with Gasteiger partial charge >= 0.3 is 0 Å². The van der Waals surface area contributed by atoms with E-state index in [-0.39, 0.29) is 0 Å². The molecule has 0 amide bonds. The van der Waals surface area contributed by atoms with Gasteiger partial charge in [-0.05, 0) is 22.4 Å². The van der Waals surface area contributed by atoms with Crippen molar-refractivity contribution in [2.24, 2.45) is 7.05 Å². The van der Waals surface area contributed by atoms with Gasteiger partial charge < -0.3 is 11.1 Å². The number of halogens is 1. The average Bonchev–Trinajstić information content (AvgIpc) is 2.65. The Morgan fingerprint density at radius 1 is 1.47 bits per heavy atom. The molecule has 3 N–H and O–H groups in total. The van der Waals surface area contributed by atoms with Crippen molar-refractivity contribution in [3.8, 4) is 0 Å². The summed E-state index contributed by atoms with van der Waals surface area (Å²) in [5, 5.41) is 7.53. The quantitative estimate of drug-likeness (QED) is 0.903. The number of nitrogens with two attached hydrogens (primary N) is 1. The lowest BCUT2D eigenvalue weighted by Crippen LogP contribution is -2.00. The van der Waals surface area contributed by atoms with Crippen molar-refractivity contribution in [2.45, 2.75) is 13.3 Å². The van der Waals surface area contributed by atoms with Crippen LogP contribution in [0.15, 0.2) is 17.0 Å². The van der Waals surface area contributed by atoms with Gasteiger partial charge in [-0.1, -0.05) is 6.92 Å². The normalized spacial score (nSPS) is 10.5. The van der Waals surface area contributed by atoms with Crippen LogP contribution >= 0.6 is 15.9 Å². The molecule has 6 nitrogen and oxygen atoms in total. The van der Waals surface area contributed by atoms with Gasteiger partial charge in [0.15, 0.2) is 0 Å². The van der Waals surface area contributed by atoms with Crippen molar-refractivity contribution in [2.75, 3.05) is 11.1 Å². The van der Waals surface area contributed by atoms with Crippen LogP contribution in [-0.4, -0.2) is 19.7 Å². The van der Waals surface area contributed by atoms with Crippen LogP contribution in [0.3, 0.4) is 0 Å². The predicted octanol–water partition coefficient (Wildman–Crippen LogP) is 1.86. The smallest absolute Gasteiger partial charge is 0.150 e. The third-order valence-electron chi connectivity index (χ3n) is 2.31. The molecule has 0 atom stereocenters. The highest BCUT2D eigenvalue weighted by Crippen LogP contribution is 2.28. The van der Waals surface area contributed by atoms with Crippen LogP contribution in [0, 0.1) is 0 Å². The van der Waals surface area contributed by atoms with Gasteiger partial charge in [-0.3, -0.25) is 4.68 Å². The van der Waals surface area contributed by atoms with Gasteiger partial charge in [0.1, 0.15) is 22.4 Å². The maximum Gasteiger partial charge on any atom is 0.150 e. The molecule has 17 heavy (non-hydrogen) atoms. The molecule has 7 heteroatoms. The van der Waals surface area contributed by atoms with Crippen LogP contribution in [0.2, 0.25) is 0 Å². The maximum atomic E-state index is 5.69. The van der Waals surface area contributed by atoms with Gasteiger partial charge in [0, 0.05) is 13.2 Å². The Balaban J connectivity index is 2.34. The first-order valence-electron chi connectivity index (χ1n) is 5.17. The van der Waals surface area contributed by atoms with Crippen molar-refractivity contribution >= 4 is 33.3 Å². The van der Waals surface area contributed by atoms with Gasteiger partial charge in [-0.15, -0.1) is 0 Å². The fraction of sp³-hybridized carbons (Fsp3) is 0.300. The Kier molecular flexibility index (Phi) is 3.28. The molecule has 0 unspecified atom stereocenters. The summed E-state index contributed by atoms with van der Waals surface area (Å²) >= 11 is 3.35.